The molecular weight excluding hydrogens is 396 g/mol. The molecule has 4 nitrogen and oxygen atoms in total. The topological polar surface area (TPSA) is 60.4 Å². The van der Waals surface area contributed by atoms with Crippen LogP contribution in [-0.2, 0) is 16.5 Å². The third-order valence-corrected chi connectivity index (χ3v) is 7.26. The van der Waals surface area contributed by atoms with Crippen molar-refractivity contribution in [3.05, 3.63) is 58.1 Å². The Morgan fingerprint density at radius 3 is 2.00 bits per heavy atom. The van der Waals surface area contributed by atoms with Crippen LogP contribution in [0.5, 0.6) is 5.75 Å². The van der Waals surface area contributed by atoms with Crippen LogP contribution in [0.3, 0.4) is 0 Å². The van der Waals surface area contributed by atoms with E-state index in [1.54, 1.807) is 18.2 Å². The number of carbonyl (C=O) groups is 1. The van der Waals surface area contributed by atoms with Crippen molar-refractivity contribution in [3.63, 3.8) is 0 Å². The average Bonchev–Trinajstić information content (AvgIpc) is 2.95. The van der Waals surface area contributed by atoms with Crippen molar-refractivity contribution in [3.8, 4) is 5.75 Å². The fourth-order valence-electron chi connectivity index (χ4n) is 4.09. The molecule has 162 valence electrons. The zero-order valence-corrected chi connectivity index (χ0v) is 19.8. The molecule has 2 aromatic carbocycles. The molecule has 0 spiro atoms. The maximum absolute atomic E-state index is 13.6. The highest BCUT2D eigenvalue weighted by Gasteiger charge is 2.33. The Hall–Kier alpha value is -2.14. The quantitative estimate of drug-likeness (QED) is 0.514. The fraction of sp³-hybridized carbons (Fsp3) is 0.480. The molecule has 0 saturated heterocycles. The minimum absolute atomic E-state index is 0.0256. The van der Waals surface area contributed by atoms with E-state index in [4.69, 9.17) is 4.18 Å². The normalized spacial score (nSPS) is 16.6. The first-order valence-electron chi connectivity index (χ1n) is 10.7. The summed E-state index contributed by atoms with van der Waals surface area (Å²) in [6.45, 7) is 14.1. The van der Waals surface area contributed by atoms with Gasteiger partial charge in [-0.05, 0) is 46.9 Å². The Balaban J connectivity index is 2.17. The first-order valence-corrected chi connectivity index (χ1v) is 12.1. The van der Waals surface area contributed by atoms with Crippen molar-refractivity contribution in [1.29, 1.82) is 0 Å². The Bertz CT molecular complexity index is 1050. The van der Waals surface area contributed by atoms with Gasteiger partial charge in [0.05, 0.1) is 0 Å². The van der Waals surface area contributed by atoms with E-state index in [-0.39, 0.29) is 34.2 Å². The summed E-state index contributed by atoms with van der Waals surface area (Å²) in [5.41, 5.74) is 3.94. The molecule has 0 radical (unpaired) electrons. The number of fused-ring (bicyclic) bond motifs is 1. The Kier molecular flexibility index (Phi) is 6.15. The van der Waals surface area contributed by atoms with Crippen LogP contribution in [0.25, 0.3) is 0 Å². The van der Waals surface area contributed by atoms with Gasteiger partial charge in [-0.2, -0.15) is 8.42 Å². The van der Waals surface area contributed by atoms with Gasteiger partial charge in [-0.3, -0.25) is 4.79 Å². The van der Waals surface area contributed by atoms with Crippen LogP contribution in [0.2, 0.25) is 0 Å². The summed E-state index contributed by atoms with van der Waals surface area (Å²) in [5.74, 6) is 0.496. The van der Waals surface area contributed by atoms with E-state index in [1.807, 2.05) is 46.8 Å². The highest BCUT2D eigenvalue weighted by Crippen LogP contribution is 2.39. The molecule has 1 aliphatic rings. The summed E-state index contributed by atoms with van der Waals surface area (Å²) in [5, 5.41) is 0. The number of hydrogen-bond acceptors (Lipinski definition) is 4. The second kappa shape index (κ2) is 8.18. The third-order valence-electron chi connectivity index (χ3n) is 5.89. The molecule has 0 aliphatic heterocycles. The summed E-state index contributed by atoms with van der Waals surface area (Å²) >= 11 is 0. The van der Waals surface area contributed by atoms with Gasteiger partial charge < -0.3 is 4.18 Å². The summed E-state index contributed by atoms with van der Waals surface area (Å²) in [7, 11) is -4.07. The molecule has 0 amide bonds. The molecule has 0 heterocycles. The Morgan fingerprint density at radius 2 is 1.50 bits per heavy atom. The van der Waals surface area contributed by atoms with E-state index >= 15 is 0 Å². The molecule has 1 aliphatic carbocycles. The van der Waals surface area contributed by atoms with Gasteiger partial charge in [-0.25, -0.2) is 0 Å². The summed E-state index contributed by atoms with van der Waals surface area (Å²) in [6.07, 6.45) is 0.500. The maximum Gasteiger partial charge on any atom is 0.339 e. The van der Waals surface area contributed by atoms with Crippen LogP contribution < -0.4 is 4.18 Å². The lowest BCUT2D eigenvalue weighted by molar-refractivity contribution is 0.0946. The van der Waals surface area contributed by atoms with Crippen molar-refractivity contribution in [1.82, 2.24) is 0 Å². The molecule has 0 bridgehead atoms. The van der Waals surface area contributed by atoms with Gasteiger partial charge in [0.1, 0.15) is 10.6 Å². The minimum Gasteiger partial charge on any atom is -0.379 e. The number of rotatable bonds is 6. The van der Waals surface area contributed by atoms with Gasteiger partial charge in [0.2, 0.25) is 0 Å². The number of carbonyl (C=O) groups excluding carboxylic acids is 1. The van der Waals surface area contributed by atoms with Gasteiger partial charge in [-0.1, -0.05) is 72.7 Å². The maximum atomic E-state index is 13.6. The molecule has 3 rings (SSSR count). The van der Waals surface area contributed by atoms with Crippen molar-refractivity contribution >= 4 is 15.9 Å². The van der Waals surface area contributed by atoms with Crippen molar-refractivity contribution in [2.45, 2.75) is 77.5 Å². The Labute approximate surface area is 180 Å². The van der Waals surface area contributed by atoms with Gasteiger partial charge >= 0.3 is 10.1 Å². The van der Waals surface area contributed by atoms with E-state index < -0.39 is 10.1 Å². The average molecular weight is 429 g/mol. The minimum atomic E-state index is -4.07. The fourth-order valence-corrected chi connectivity index (χ4v) is 5.73. The zero-order chi connectivity index (χ0) is 22.4. The molecular formula is C25H32O4S. The summed E-state index contributed by atoms with van der Waals surface area (Å²) in [6, 6.07) is 9.08. The van der Waals surface area contributed by atoms with Crippen LogP contribution in [-0.4, -0.2) is 14.2 Å². The summed E-state index contributed by atoms with van der Waals surface area (Å²) < 4.78 is 32.9. The second-order valence-corrected chi connectivity index (χ2v) is 10.8. The lowest BCUT2D eigenvalue weighted by Crippen LogP contribution is -2.18. The molecule has 0 N–H and O–H groups in total. The molecule has 5 heteroatoms. The molecule has 1 atom stereocenters. The monoisotopic (exact) mass is 428 g/mol. The van der Waals surface area contributed by atoms with Gasteiger partial charge in [0.15, 0.2) is 5.78 Å². The van der Waals surface area contributed by atoms with Crippen molar-refractivity contribution in [2.75, 3.05) is 0 Å². The van der Waals surface area contributed by atoms with Crippen LogP contribution in [0, 0.1) is 5.92 Å². The van der Waals surface area contributed by atoms with Crippen LogP contribution in [0.4, 0.5) is 0 Å². The van der Waals surface area contributed by atoms with E-state index in [0.717, 1.165) is 16.7 Å². The van der Waals surface area contributed by atoms with Gasteiger partial charge in [0, 0.05) is 17.0 Å². The molecule has 0 fully saturated rings. The highest BCUT2D eigenvalue weighted by molar-refractivity contribution is 7.87. The van der Waals surface area contributed by atoms with Crippen molar-refractivity contribution < 1.29 is 17.4 Å². The molecule has 0 aromatic heterocycles. The van der Waals surface area contributed by atoms with E-state index in [2.05, 4.69) is 13.8 Å². The SMILES string of the molecule is CC1Cc2c(OS(=O)(=O)c3c(C(C)C)cc(C(C)C)cc3C(C)C)cccc2C1=O. The van der Waals surface area contributed by atoms with Crippen LogP contribution in [0.15, 0.2) is 35.2 Å². The van der Waals surface area contributed by atoms with E-state index in [9.17, 15) is 13.2 Å². The van der Waals surface area contributed by atoms with E-state index in [1.165, 1.54) is 0 Å². The Morgan fingerprint density at radius 1 is 0.933 bits per heavy atom. The molecule has 1 unspecified atom stereocenters. The van der Waals surface area contributed by atoms with E-state index in [0.29, 0.717) is 23.5 Å². The zero-order valence-electron chi connectivity index (χ0n) is 18.9. The number of ketones is 1. The predicted molar refractivity (Wildman–Crippen MR) is 120 cm³/mol. The molecule has 0 saturated carbocycles. The van der Waals surface area contributed by atoms with Gasteiger partial charge in [-0.15, -0.1) is 0 Å². The summed E-state index contributed by atoms with van der Waals surface area (Å²) in [4.78, 5) is 12.6. The number of benzene rings is 2. The first-order chi connectivity index (χ1) is 13.9. The molecule has 2 aromatic rings. The second-order valence-electron chi connectivity index (χ2n) is 9.28. The van der Waals surface area contributed by atoms with Crippen LogP contribution in [0.1, 0.15) is 98.8 Å². The lowest BCUT2D eigenvalue weighted by atomic mass is 9.89. The standard InChI is InChI=1S/C25H32O4S/c1-14(2)18-12-20(15(3)4)25(21(13-18)16(5)6)30(27,28)29-23-10-8-9-19-22(23)11-17(7)24(19)26/h8-10,12-17H,11H2,1-7H3. The van der Waals surface area contributed by atoms with Crippen LogP contribution >= 0.6 is 0 Å². The molecule has 30 heavy (non-hydrogen) atoms. The smallest absolute Gasteiger partial charge is 0.339 e. The lowest BCUT2D eigenvalue weighted by Gasteiger charge is -2.23. The largest absolute Gasteiger partial charge is 0.379 e. The third kappa shape index (κ3) is 4.04. The first kappa shape index (κ1) is 22.5. The van der Waals surface area contributed by atoms with Crippen molar-refractivity contribution in [2.24, 2.45) is 5.92 Å². The number of Topliss-reactive ketones (excluding diaryl/α,β-unsaturated/α-hetero) is 1. The number of hydrogen-bond donors (Lipinski definition) is 0. The predicted octanol–water partition coefficient (Wildman–Crippen LogP) is 6.20. The highest BCUT2D eigenvalue weighted by atomic mass is 32.2. The van der Waals surface area contributed by atoms with Gasteiger partial charge in [0.25, 0.3) is 0 Å².